The van der Waals surface area contributed by atoms with Crippen molar-refractivity contribution in [1.82, 2.24) is 5.32 Å². The first-order valence-corrected chi connectivity index (χ1v) is 6.79. The molecule has 4 heteroatoms. The molecule has 0 radical (unpaired) electrons. The van der Waals surface area contributed by atoms with Crippen LogP contribution in [-0.2, 0) is 11.3 Å². The Morgan fingerprint density at radius 1 is 1.53 bits per heavy atom. The molecule has 3 nitrogen and oxygen atoms in total. The number of hydrogen-bond donors (Lipinski definition) is 1. The molecule has 0 aliphatic carbocycles. The van der Waals surface area contributed by atoms with Crippen LogP contribution in [0.3, 0.4) is 0 Å². The van der Waals surface area contributed by atoms with Gasteiger partial charge < -0.3 is 15.0 Å². The first-order valence-electron chi connectivity index (χ1n) is 6.00. The SMILES string of the molecule is CNCc1cc(Br)ccc1N1CCOC(C)C1. The lowest BCUT2D eigenvalue weighted by molar-refractivity contribution is 0.0531. The minimum atomic E-state index is 0.315. The Labute approximate surface area is 111 Å². The largest absolute Gasteiger partial charge is 0.375 e. The predicted molar refractivity (Wildman–Crippen MR) is 74.5 cm³/mol. The summed E-state index contributed by atoms with van der Waals surface area (Å²) in [5.74, 6) is 0. The van der Waals surface area contributed by atoms with Crippen LogP contribution < -0.4 is 10.2 Å². The van der Waals surface area contributed by atoms with E-state index in [4.69, 9.17) is 4.74 Å². The highest BCUT2D eigenvalue weighted by Gasteiger charge is 2.19. The normalized spacial score (nSPS) is 20.6. The fraction of sp³-hybridized carbons (Fsp3) is 0.538. The van der Waals surface area contributed by atoms with Gasteiger partial charge in [-0.25, -0.2) is 0 Å². The summed E-state index contributed by atoms with van der Waals surface area (Å²) < 4.78 is 6.72. The van der Waals surface area contributed by atoms with Gasteiger partial charge in [0, 0.05) is 29.8 Å². The molecule has 94 valence electrons. The average molecular weight is 299 g/mol. The van der Waals surface area contributed by atoms with Crippen LogP contribution in [0, 0.1) is 0 Å². The van der Waals surface area contributed by atoms with E-state index in [2.05, 4.69) is 51.3 Å². The fourth-order valence-corrected chi connectivity index (χ4v) is 2.64. The molecular formula is C13H19BrN2O. The first-order chi connectivity index (χ1) is 8.20. The lowest BCUT2D eigenvalue weighted by atomic mass is 10.1. The summed E-state index contributed by atoms with van der Waals surface area (Å²) in [6.07, 6.45) is 0.315. The average Bonchev–Trinajstić information content (AvgIpc) is 2.29. The molecule has 1 heterocycles. The van der Waals surface area contributed by atoms with E-state index >= 15 is 0 Å². The minimum absolute atomic E-state index is 0.315. The van der Waals surface area contributed by atoms with E-state index in [0.717, 1.165) is 30.7 Å². The number of nitrogens with one attached hydrogen (secondary N) is 1. The highest BCUT2D eigenvalue weighted by atomic mass is 79.9. The minimum Gasteiger partial charge on any atom is -0.375 e. The van der Waals surface area contributed by atoms with Crippen molar-refractivity contribution in [3.8, 4) is 0 Å². The molecule has 0 amide bonds. The number of rotatable bonds is 3. The quantitative estimate of drug-likeness (QED) is 0.927. The summed E-state index contributed by atoms with van der Waals surface area (Å²) in [7, 11) is 1.98. The maximum absolute atomic E-state index is 5.59. The highest BCUT2D eigenvalue weighted by Crippen LogP contribution is 2.26. The smallest absolute Gasteiger partial charge is 0.0722 e. The molecule has 0 aromatic heterocycles. The maximum Gasteiger partial charge on any atom is 0.0722 e. The molecule has 1 saturated heterocycles. The molecule has 1 aliphatic heterocycles. The number of nitrogens with zero attached hydrogens (tertiary/aromatic N) is 1. The molecule has 0 bridgehead atoms. The molecular weight excluding hydrogens is 280 g/mol. The summed E-state index contributed by atoms with van der Waals surface area (Å²) in [5.41, 5.74) is 2.65. The van der Waals surface area contributed by atoms with Crippen molar-refractivity contribution in [1.29, 1.82) is 0 Å². The van der Waals surface area contributed by atoms with Crippen LogP contribution in [0.4, 0.5) is 5.69 Å². The monoisotopic (exact) mass is 298 g/mol. The Hall–Kier alpha value is -0.580. The molecule has 2 rings (SSSR count). The van der Waals surface area contributed by atoms with Gasteiger partial charge in [0.25, 0.3) is 0 Å². The highest BCUT2D eigenvalue weighted by molar-refractivity contribution is 9.10. The van der Waals surface area contributed by atoms with E-state index in [1.807, 2.05) is 7.05 Å². The summed E-state index contributed by atoms with van der Waals surface area (Å²) in [6, 6.07) is 6.48. The Bertz CT molecular complexity index is 384. The van der Waals surface area contributed by atoms with Gasteiger partial charge in [0.05, 0.1) is 12.7 Å². The molecule has 1 fully saturated rings. The van der Waals surface area contributed by atoms with Gasteiger partial charge in [0.1, 0.15) is 0 Å². The second kappa shape index (κ2) is 5.85. The van der Waals surface area contributed by atoms with Crippen molar-refractivity contribution >= 4 is 21.6 Å². The molecule has 0 spiro atoms. The number of morpholine rings is 1. The molecule has 0 saturated carbocycles. The van der Waals surface area contributed by atoms with E-state index in [0.29, 0.717) is 6.10 Å². The Balaban J connectivity index is 2.23. The number of benzene rings is 1. The van der Waals surface area contributed by atoms with Gasteiger partial charge in [-0.3, -0.25) is 0 Å². The Morgan fingerprint density at radius 3 is 3.06 bits per heavy atom. The van der Waals surface area contributed by atoms with Crippen molar-refractivity contribution in [2.45, 2.75) is 19.6 Å². The van der Waals surface area contributed by atoms with Gasteiger partial charge in [-0.1, -0.05) is 15.9 Å². The van der Waals surface area contributed by atoms with Crippen LogP contribution >= 0.6 is 15.9 Å². The lowest BCUT2D eigenvalue weighted by Gasteiger charge is -2.34. The number of ether oxygens (including phenoxy) is 1. The summed E-state index contributed by atoms with van der Waals surface area (Å²) in [5, 5.41) is 3.22. The van der Waals surface area contributed by atoms with Gasteiger partial charge >= 0.3 is 0 Å². The molecule has 1 aliphatic rings. The lowest BCUT2D eigenvalue weighted by Crippen LogP contribution is -2.41. The van der Waals surface area contributed by atoms with Crippen molar-refractivity contribution in [3.05, 3.63) is 28.2 Å². The van der Waals surface area contributed by atoms with E-state index < -0.39 is 0 Å². The third-order valence-corrected chi connectivity index (χ3v) is 3.48. The fourth-order valence-electron chi connectivity index (χ4n) is 2.23. The standard InChI is InChI=1S/C13H19BrN2O/c1-10-9-16(5-6-17-10)13-4-3-12(14)7-11(13)8-15-2/h3-4,7,10,15H,5-6,8-9H2,1-2H3. The van der Waals surface area contributed by atoms with Crippen molar-refractivity contribution in [3.63, 3.8) is 0 Å². The first kappa shape index (κ1) is 12.9. The van der Waals surface area contributed by atoms with E-state index in [9.17, 15) is 0 Å². The third-order valence-electron chi connectivity index (χ3n) is 2.99. The molecule has 1 aromatic rings. The van der Waals surface area contributed by atoms with Crippen molar-refractivity contribution in [2.75, 3.05) is 31.6 Å². The van der Waals surface area contributed by atoms with Gasteiger partial charge in [-0.05, 0) is 37.7 Å². The van der Waals surface area contributed by atoms with Gasteiger partial charge in [0.2, 0.25) is 0 Å². The Morgan fingerprint density at radius 2 is 2.35 bits per heavy atom. The van der Waals surface area contributed by atoms with Gasteiger partial charge in [-0.2, -0.15) is 0 Å². The number of hydrogen-bond acceptors (Lipinski definition) is 3. The zero-order valence-electron chi connectivity index (χ0n) is 10.4. The van der Waals surface area contributed by atoms with Gasteiger partial charge in [0.15, 0.2) is 0 Å². The zero-order chi connectivity index (χ0) is 12.3. The molecule has 1 unspecified atom stereocenters. The molecule has 17 heavy (non-hydrogen) atoms. The number of halogens is 1. The number of anilines is 1. The van der Waals surface area contributed by atoms with E-state index in [1.54, 1.807) is 0 Å². The molecule has 1 atom stereocenters. The van der Waals surface area contributed by atoms with Crippen LogP contribution in [-0.4, -0.2) is 32.8 Å². The zero-order valence-corrected chi connectivity index (χ0v) is 12.0. The molecule has 1 N–H and O–H groups in total. The van der Waals surface area contributed by atoms with Crippen LogP contribution in [0.15, 0.2) is 22.7 Å². The van der Waals surface area contributed by atoms with E-state index in [-0.39, 0.29) is 0 Å². The van der Waals surface area contributed by atoms with Crippen LogP contribution in [0.25, 0.3) is 0 Å². The summed E-state index contributed by atoms with van der Waals surface area (Å²) >= 11 is 3.53. The van der Waals surface area contributed by atoms with Crippen molar-refractivity contribution in [2.24, 2.45) is 0 Å². The maximum atomic E-state index is 5.59. The second-order valence-electron chi connectivity index (χ2n) is 4.43. The second-order valence-corrected chi connectivity index (χ2v) is 5.35. The third kappa shape index (κ3) is 3.21. The summed E-state index contributed by atoms with van der Waals surface area (Å²) in [6.45, 7) is 5.78. The van der Waals surface area contributed by atoms with Crippen LogP contribution in [0.2, 0.25) is 0 Å². The predicted octanol–water partition coefficient (Wildman–Crippen LogP) is 2.39. The topological polar surface area (TPSA) is 24.5 Å². The molecule has 1 aromatic carbocycles. The van der Waals surface area contributed by atoms with E-state index in [1.165, 1.54) is 11.3 Å². The summed E-state index contributed by atoms with van der Waals surface area (Å²) in [4.78, 5) is 2.41. The van der Waals surface area contributed by atoms with Crippen molar-refractivity contribution < 1.29 is 4.74 Å². The van der Waals surface area contributed by atoms with Gasteiger partial charge in [-0.15, -0.1) is 0 Å². The van der Waals surface area contributed by atoms with Crippen LogP contribution in [0.1, 0.15) is 12.5 Å². The van der Waals surface area contributed by atoms with Crippen LogP contribution in [0.5, 0.6) is 0 Å². The Kier molecular flexibility index (Phi) is 4.42.